The lowest BCUT2D eigenvalue weighted by Gasteiger charge is -2.07. The molecule has 0 radical (unpaired) electrons. The molecule has 0 aliphatic rings. The van der Waals surface area contributed by atoms with Gasteiger partial charge in [0.15, 0.2) is 0 Å². The second-order valence-corrected chi connectivity index (χ2v) is 6.83. The zero-order chi connectivity index (χ0) is 17.8. The molecule has 2 N–H and O–H groups in total. The molecular formula is C17H11Cl2N3O2S. The average Bonchev–Trinajstić information content (AvgIpc) is 3.03. The number of amides is 2. The third-order valence-electron chi connectivity index (χ3n) is 3.16. The standard InChI is InChI=1S/C17H11Cl2N3O2S/c18-10-5-6-12(19)11(9-10)17(24)22-21-15(23)7-8-16-20-13-3-1-2-4-14(13)25-16/h1-9H,(H,21,23)(H,22,24)/b8-7+. The van der Waals surface area contributed by atoms with Crippen LogP contribution < -0.4 is 10.9 Å². The van der Waals surface area contributed by atoms with Crippen LogP contribution in [-0.4, -0.2) is 16.8 Å². The zero-order valence-electron chi connectivity index (χ0n) is 12.6. The van der Waals surface area contributed by atoms with Gasteiger partial charge in [0.05, 0.1) is 20.8 Å². The van der Waals surface area contributed by atoms with Crippen molar-refractivity contribution in [2.75, 3.05) is 0 Å². The Balaban J connectivity index is 1.60. The Kier molecular flexibility index (Phi) is 5.33. The van der Waals surface area contributed by atoms with E-state index in [1.807, 2.05) is 24.3 Å². The summed E-state index contributed by atoms with van der Waals surface area (Å²) in [6.07, 6.45) is 2.87. The molecule has 1 aromatic heterocycles. The van der Waals surface area contributed by atoms with E-state index in [0.717, 1.165) is 10.2 Å². The van der Waals surface area contributed by atoms with Crippen molar-refractivity contribution in [1.82, 2.24) is 15.8 Å². The lowest BCUT2D eigenvalue weighted by Crippen LogP contribution is -2.40. The lowest BCUT2D eigenvalue weighted by molar-refractivity contribution is -0.117. The van der Waals surface area contributed by atoms with Crippen LogP contribution >= 0.6 is 34.5 Å². The van der Waals surface area contributed by atoms with Crippen LogP contribution in [0.25, 0.3) is 16.3 Å². The number of carbonyl (C=O) groups is 2. The van der Waals surface area contributed by atoms with E-state index in [1.165, 1.54) is 29.5 Å². The summed E-state index contributed by atoms with van der Waals surface area (Å²) in [7, 11) is 0. The average molecular weight is 392 g/mol. The number of hydrogen-bond donors (Lipinski definition) is 2. The van der Waals surface area contributed by atoms with Crippen LogP contribution in [0.5, 0.6) is 0 Å². The van der Waals surface area contributed by atoms with E-state index in [9.17, 15) is 9.59 Å². The van der Waals surface area contributed by atoms with Crippen molar-refractivity contribution < 1.29 is 9.59 Å². The van der Waals surface area contributed by atoms with Crippen LogP contribution in [0.15, 0.2) is 48.5 Å². The minimum absolute atomic E-state index is 0.171. The molecule has 3 rings (SSSR count). The van der Waals surface area contributed by atoms with E-state index in [0.29, 0.717) is 10.0 Å². The predicted octanol–water partition coefficient (Wildman–Crippen LogP) is 4.08. The molecule has 0 aliphatic heterocycles. The number of para-hydroxylation sites is 1. The predicted molar refractivity (Wildman–Crippen MR) is 101 cm³/mol. The molecule has 0 aliphatic carbocycles. The SMILES string of the molecule is O=C(/C=C/c1nc2ccccc2s1)NNC(=O)c1cc(Cl)ccc1Cl. The number of thiazole rings is 1. The quantitative estimate of drug-likeness (QED) is 0.521. The van der Waals surface area contributed by atoms with Crippen molar-refractivity contribution in [1.29, 1.82) is 0 Å². The molecule has 0 unspecified atom stereocenters. The summed E-state index contributed by atoms with van der Waals surface area (Å²) in [6, 6.07) is 12.2. The third-order valence-corrected chi connectivity index (χ3v) is 4.73. The van der Waals surface area contributed by atoms with E-state index in [4.69, 9.17) is 23.2 Å². The Morgan fingerprint density at radius 2 is 1.88 bits per heavy atom. The van der Waals surface area contributed by atoms with Crippen LogP contribution in [0.3, 0.4) is 0 Å². The van der Waals surface area contributed by atoms with Gasteiger partial charge in [0.25, 0.3) is 11.8 Å². The highest BCUT2D eigenvalue weighted by atomic mass is 35.5. The molecule has 0 saturated carbocycles. The second-order valence-electron chi connectivity index (χ2n) is 4.92. The highest BCUT2D eigenvalue weighted by Crippen LogP contribution is 2.22. The molecule has 2 aromatic carbocycles. The first-order valence-electron chi connectivity index (χ1n) is 7.12. The maximum Gasteiger partial charge on any atom is 0.271 e. The van der Waals surface area contributed by atoms with Crippen LogP contribution in [0.2, 0.25) is 10.0 Å². The fourth-order valence-electron chi connectivity index (χ4n) is 2.01. The van der Waals surface area contributed by atoms with Crippen LogP contribution in [0.1, 0.15) is 15.4 Å². The Bertz CT molecular complexity index is 952. The molecular weight excluding hydrogens is 381 g/mol. The summed E-state index contributed by atoms with van der Waals surface area (Å²) in [5.74, 6) is -1.06. The number of rotatable bonds is 3. The first kappa shape index (κ1) is 17.4. The van der Waals surface area contributed by atoms with Gasteiger partial charge < -0.3 is 0 Å². The molecule has 0 fully saturated rings. The van der Waals surface area contributed by atoms with Crippen LogP contribution in [0, 0.1) is 0 Å². The van der Waals surface area contributed by atoms with Gasteiger partial charge in [-0.05, 0) is 36.4 Å². The van der Waals surface area contributed by atoms with Crippen molar-refractivity contribution in [3.63, 3.8) is 0 Å². The van der Waals surface area contributed by atoms with Gasteiger partial charge in [-0.3, -0.25) is 20.4 Å². The number of fused-ring (bicyclic) bond motifs is 1. The fraction of sp³-hybridized carbons (Fsp3) is 0. The minimum atomic E-state index is -0.561. The topological polar surface area (TPSA) is 71.1 Å². The van der Waals surface area contributed by atoms with Gasteiger partial charge in [0, 0.05) is 11.1 Å². The van der Waals surface area contributed by atoms with Crippen LogP contribution in [-0.2, 0) is 4.79 Å². The van der Waals surface area contributed by atoms with Gasteiger partial charge in [-0.2, -0.15) is 0 Å². The third kappa shape index (κ3) is 4.36. The highest BCUT2D eigenvalue weighted by molar-refractivity contribution is 7.19. The fourth-order valence-corrected chi connectivity index (χ4v) is 3.25. The largest absolute Gasteiger partial charge is 0.271 e. The molecule has 25 heavy (non-hydrogen) atoms. The summed E-state index contributed by atoms with van der Waals surface area (Å²) >= 11 is 13.2. The summed E-state index contributed by atoms with van der Waals surface area (Å²) in [4.78, 5) is 28.2. The van der Waals surface area contributed by atoms with Crippen molar-refractivity contribution in [3.8, 4) is 0 Å². The Morgan fingerprint density at radius 3 is 2.68 bits per heavy atom. The van der Waals surface area contributed by atoms with Crippen molar-refractivity contribution >= 4 is 62.6 Å². The molecule has 1 heterocycles. The Hall–Kier alpha value is -2.41. The second kappa shape index (κ2) is 7.65. The van der Waals surface area contributed by atoms with E-state index in [2.05, 4.69) is 15.8 Å². The van der Waals surface area contributed by atoms with Gasteiger partial charge in [-0.25, -0.2) is 4.98 Å². The molecule has 8 heteroatoms. The summed E-state index contributed by atoms with van der Waals surface area (Å²) in [6.45, 7) is 0. The summed E-state index contributed by atoms with van der Waals surface area (Å²) in [5.41, 5.74) is 5.60. The zero-order valence-corrected chi connectivity index (χ0v) is 15.0. The number of hydrazine groups is 1. The number of halogens is 2. The first-order chi connectivity index (χ1) is 12.0. The summed E-state index contributed by atoms with van der Waals surface area (Å²) < 4.78 is 1.03. The van der Waals surface area contributed by atoms with E-state index >= 15 is 0 Å². The van der Waals surface area contributed by atoms with Crippen LogP contribution in [0.4, 0.5) is 0 Å². The Morgan fingerprint density at radius 1 is 1.08 bits per heavy atom. The maximum atomic E-state index is 12.0. The normalized spacial score (nSPS) is 11.0. The van der Waals surface area contributed by atoms with E-state index in [-0.39, 0.29) is 10.6 Å². The smallest absolute Gasteiger partial charge is 0.268 e. The summed E-state index contributed by atoms with van der Waals surface area (Å²) in [5, 5.41) is 1.30. The molecule has 2 amide bonds. The molecule has 3 aromatic rings. The lowest BCUT2D eigenvalue weighted by atomic mass is 10.2. The van der Waals surface area contributed by atoms with Crippen molar-refractivity contribution in [2.45, 2.75) is 0 Å². The number of hydrogen-bond acceptors (Lipinski definition) is 4. The number of nitrogens with one attached hydrogen (secondary N) is 2. The van der Waals surface area contributed by atoms with Gasteiger partial charge >= 0.3 is 0 Å². The number of nitrogens with zero attached hydrogens (tertiary/aromatic N) is 1. The number of aromatic nitrogens is 1. The molecule has 0 atom stereocenters. The molecule has 126 valence electrons. The highest BCUT2D eigenvalue weighted by Gasteiger charge is 2.11. The van der Waals surface area contributed by atoms with Gasteiger partial charge in [-0.1, -0.05) is 35.3 Å². The molecule has 0 spiro atoms. The van der Waals surface area contributed by atoms with E-state index in [1.54, 1.807) is 12.1 Å². The minimum Gasteiger partial charge on any atom is -0.268 e. The Labute approximate surface area is 157 Å². The monoisotopic (exact) mass is 391 g/mol. The van der Waals surface area contributed by atoms with Crippen molar-refractivity contribution in [2.24, 2.45) is 0 Å². The molecule has 0 bridgehead atoms. The number of carbonyl (C=O) groups excluding carboxylic acids is 2. The maximum absolute atomic E-state index is 12.0. The van der Waals surface area contributed by atoms with Gasteiger partial charge in [0.2, 0.25) is 0 Å². The molecule has 0 saturated heterocycles. The van der Waals surface area contributed by atoms with Gasteiger partial charge in [0.1, 0.15) is 5.01 Å². The number of benzene rings is 2. The van der Waals surface area contributed by atoms with E-state index < -0.39 is 11.8 Å². The first-order valence-corrected chi connectivity index (χ1v) is 8.69. The molecule has 5 nitrogen and oxygen atoms in total. The van der Waals surface area contributed by atoms with Gasteiger partial charge in [-0.15, -0.1) is 11.3 Å². The van der Waals surface area contributed by atoms with Crippen molar-refractivity contribution in [3.05, 3.63) is 69.2 Å².